The summed E-state index contributed by atoms with van der Waals surface area (Å²) < 4.78 is 11.6. The van der Waals surface area contributed by atoms with E-state index in [2.05, 4.69) is 15.6 Å². The van der Waals surface area contributed by atoms with Crippen molar-refractivity contribution in [2.24, 2.45) is 0 Å². The average Bonchev–Trinajstić information content (AvgIpc) is 3.53. The Morgan fingerprint density at radius 2 is 1.94 bits per heavy atom. The van der Waals surface area contributed by atoms with Crippen LogP contribution in [0.25, 0.3) is 21.5 Å². The summed E-state index contributed by atoms with van der Waals surface area (Å²) in [7, 11) is 0. The molecule has 11 heteroatoms. The van der Waals surface area contributed by atoms with Gasteiger partial charge in [-0.1, -0.05) is 23.4 Å². The minimum atomic E-state index is -0.633. The zero-order chi connectivity index (χ0) is 22.5. The van der Waals surface area contributed by atoms with E-state index in [0.29, 0.717) is 21.6 Å². The second kappa shape index (κ2) is 9.71. The minimum absolute atomic E-state index is 0.177. The second-order valence-electron chi connectivity index (χ2n) is 6.50. The summed E-state index contributed by atoms with van der Waals surface area (Å²) >= 11 is 2.69. The molecule has 9 nitrogen and oxygen atoms in total. The molecule has 1 N–H and O–H groups in total. The second-order valence-corrected chi connectivity index (χ2v) is 8.32. The maximum atomic E-state index is 12.5. The molecule has 0 unspecified atom stereocenters. The number of ether oxygens (including phenoxy) is 2. The van der Waals surface area contributed by atoms with Crippen LogP contribution in [0, 0.1) is 0 Å². The molecular weight excluding hydrogens is 452 g/mol. The molecule has 0 radical (unpaired) electrons. The van der Waals surface area contributed by atoms with Crippen LogP contribution in [-0.2, 0) is 25.6 Å². The van der Waals surface area contributed by atoms with Crippen molar-refractivity contribution < 1.29 is 23.9 Å². The zero-order valence-electron chi connectivity index (χ0n) is 16.9. The van der Waals surface area contributed by atoms with E-state index < -0.39 is 24.5 Å². The fourth-order valence-corrected chi connectivity index (χ4v) is 4.77. The maximum absolute atomic E-state index is 12.5. The highest BCUT2D eigenvalue weighted by Gasteiger charge is 2.23. The van der Waals surface area contributed by atoms with Gasteiger partial charge in [0.2, 0.25) is 0 Å². The molecule has 0 aliphatic carbocycles. The van der Waals surface area contributed by atoms with Gasteiger partial charge in [-0.2, -0.15) is 0 Å². The number of amides is 1. The molecular formula is C21H18N4O5S2. The van der Waals surface area contributed by atoms with Gasteiger partial charge < -0.3 is 14.8 Å². The number of thiophene rings is 2. The lowest BCUT2D eigenvalue weighted by Crippen LogP contribution is -2.23. The van der Waals surface area contributed by atoms with Crippen LogP contribution in [0.1, 0.15) is 17.3 Å². The van der Waals surface area contributed by atoms with Crippen molar-refractivity contribution >= 4 is 56.6 Å². The Morgan fingerprint density at radius 1 is 1.09 bits per heavy atom. The number of rotatable bonds is 8. The summed E-state index contributed by atoms with van der Waals surface area (Å²) in [4.78, 5) is 38.0. The number of esters is 2. The number of nitrogens with one attached hydrogen (secondary N) is 1. The fraction of sp³-hybridized carbons (Fsp3) is 0.190. The third-order valence-electron chi connectivity index (χ3n) is 4.37. The van der Waals surface area contributed by atoms with Crippen molar-refractivity contribution in [1.29, 1.82) is 0 Å². The first-order chi connectivity index (χ1) is 15.6. The van der Waals surface area contributed by atoms with Gasteiger partial charge >= 0.3 is 11.9 Å². The van der Waals surface area contributed by atoms with Gasteiger partial charge in [-0.15, -0.1) is 27.8 Å². The van der Waals surface area contributed by atoms with E-state index in [-0.39, 0.29) is 18.7 Å². The van der Waals surface area contributed by atoms with Gasteiger partial charge in [0.25, 0.3) is 5.91 Å². The largest absolute Gasteiger partial charge is 0.462 e. The minimum Gasteiger partial charge on any atom is -0.462 e. The monoisotopic (exact) mass is 470 g/mol. The molecule has 4 aromatic rings. The van der Waals surface area contributed by atoms with E-state index in [4.69, 9.17) is 9.47 Å². The van der Waals surface area contributed by atoms with Crippen LogP contribution in [0.2, 0.25) is 0 Å². The van der Waals surface area contributed by atoms with Crippen LogP contribution >= 0.6 is 22.7 Å². The smallest absolute Gasteiger partial charge is 0.341 e. The molecule has 0 bridgehead atoms. The molecule has 3 heterocycles. The highest BCUT2D eigenvalue weighted by molar-refractivity contribution is 7.17. The Kier molecular flexibility index (Phi) is 6.57. The zero-order valence-corrected chi connectivity index (χ0v) is 18.6. The van der Waals surface area contributed by atoms with E-state index in [0.717, 1.165) is 4.88 Å². The molecule has 0 spiro atoms. The van der Waals surface area contributed by atoms with Crippen molar-refractivity contribution in [3.8, 4) is 10.4 Å². The number of para-hydroxylation sites is 1. The molecule has 32 heavy (non-hydrogen) atoms. The van der Waals surface area contributed by atoms with E-state index >= 15 is 0 Å². The number of hydrogen-bond donors (Lipinski definition) is 1. The molecule has 1 amide bonds. The fourth-order valence-electron chi connectivity index (χ4n) is 2.98. The predicted molar refractivity (Wildman–Crippen MR) is 121 cm³/mol. The third-order valence-corrected chi connectivity index (χ3v) is 6.17. The quantitative estimate of drug-likeness (QED) is 0.392. The van der Waals surface area contributed by atoms with Gasteiger partial charge in [0.15, 0.2) is 6.61 Å². The maximum Gasteiger partial charge on any atom is 0.341 e. The summed E-state index contributed by atoms with van der Waals surface area (Å²) in [6, 6.07) is 11.0. The van der Waals surface area contributed by atoms with Crippen LogP contribution in [-0.4, -0.2) is 46.1 Å². The van der Waals surface area contributed by atoms with Crippen LogP contribution in [0.15, 0.2) is 47.2 Å². The van der Waals surface area contributed by atoms with Gasteiger partial charge in [-0.05, 0) is 30.5 Å². The number of benzene rings is 1. The molecule has 0 saturated carbocycles. The van der Waals surface area contributed by atoms with E-state index in [1.54, 1.807) is 24.4 Å². The summed E-state index contributed by atoms with van der Waals surface area (Å²) in [5.74, 6) is -1.72. The number of nitrogens with zero attached hydrogens (tertiary/aromatic N) is 3. The van der Waals surface area contributed by atoms with E-state index in [1.807, 2.05) is 29.6 Å². The van der Waals surface area contributed by atoms with Crippen LogP contribution in [0.3, 0.4) is 0 Å². The lowest BCUT2D eigenvalue weighted by Gasteiger charge is -2.09. The third kappa shape index (κ3) is 4.68. The van der Waals surface area contributed by atoms with Gasteiger partial charge in [-0.25, -0.2) is 9.48 Å². The molecule has 164 valence electrons. The SMILES string of the molecule is CCOC(=O)c1c(-c2cccs2)csc1NC(=O)COC(=O)Cn1nnc2ccccc21. The molecule has 0 aliphatic rings. The number of fused-ring (bicyclic) bond motifs is 1. The Hall–Kier alpha value is -3.57. The van der Waals surface area contributed by atoms with E-state index in [1.165, 1.54) is 27.4 Å². The summed E-state index contributed by atoms with van der Waals surface area (Å²) in [5, 5.41) is 14.6. The first kappa shape index (κ1) is 21.7. The Balaban J connectivity index is 1.40. The molecule has 3 aromatic heterocycles. The number of hydrogen-bond acceptors (Lipinski definition) is 9. The summed E-state index contributed by atoms with van der Waals surface area (Å²) in [6.07, 6.45) is 0. The molecule has 0 saturated heterocycles. The molecule has 1 aromatic carbocycles. The molecule has 0 aliphatic heterocycles. The number of carbonyl (C=O) groups excluding carboxylic acids is 3. The average molecular weight is 471 g/mol. The van der Waals surface area contributed by atoms with Crippen LogP contribution in [0.4, 0.5) is 5.00 Å². The van der Waals surface area contributed by atoms with Gasteiger partial charge in [-0.3, -0.25) is 9.59 Å². The molecule has 4 rings (SSSR count). The molecule has 0 fully saturated rings. The Morgan fingerprint density at radius 3 is 2.72 bits per heavy atom. The highest BCUT2D eigenvalue weighted by Crippen LogP contribution is 2.38. The first-order valence-electron chi connectivity index (χ1n) is 9.63. The number of aromatic nitrogens is 3. The number of anilines is 1. The Labute approximate surface area is 190 Å². The lowest BCUT2D eigenvalue weighted by atomic mass is 10.1. The van der Waals surface area contributed by atoms with Gasteiger partial charge in [0.1, 0.15) is 22.6 Å². The molecule has 0 atom stereocenters. The first-order valence-corrected chi connectivity index (χ1v) is 11.4. The van der Waals surface area contributed by atoms with Gasteiger partial charge in [0, 0.05) is 15.8 Å². The lowest BCUT2D eigenvalue weighted by molar-refractivity contribution is -0.148. The van der Waals surface area contributed by atoms with Crippen molar-refractivity contribution in [3.05, 3.63) is 52.7 Å². The summed E-state index contributed by atoms with van der Waals surface area (Å²) in [6.45, 7) is 1.25. The van der Waals surface area contributed by atoms with Crippen LogP contribution < -0.4 is 5.32 Å². The van der Waals surface area contributed by atoms with Gasteiger partial charge in [0.05, 0.1) is 12.1 Å². The summed E-state index contributed by atoms with van der Waals surface area (Å²) in [5.41, 5.74) is 2.32. The topological polar surface area (TPSA) is 112 Å². The Bertz CT molecular complexity index is 1260. The van der Waals surface area contributed by atoms with Crippen molar-refractivity contribution in [1.82, 2.24) is 15.0 Å². The van der Waals surface area contributed by atoms with Crippen molar-refractivity contribution in [2.75, 3.05) is 18.5 Å². The van der Waals surface area contributed by atoms with Crippen LogP contribution in [0.5, 0.6) is 0 Å². The number of carbonyl (C=O) groups is 3. The van der Waals surface area contributed by atoms with E-state index in [9.17, 15) is 14.4 Å². The normalized spacial score (nSPS) is 10.8. The highest BCUT2D eigenvalue weighted by atomic mass is 32.1. The van der Waals surface area contributed by atoms with Crippen molar-refractivity contribution in [3.63, 3.8) is 0 Å². The van der Waals surface area contributed by atoms with Crippen molar-refractivity contribution in [2.45, 2.75) is 13.5 Å². The standard InChI is InChI=1S/C21H18N4O5S2/c1-2-29-21(28)19-13(16-8-5-9-31-16)12-32-20(19)22-17(26)11-30-18(27)10-25-15-7-4-3-6-14(15)23-24-25/h3-9,12H,2,10-11H2,1H3,(H,22,26). The predicted octanol–water partition coefficient (Wildman–Crippen LogP) is 3.58.